The minimum absolute atomic E-state index is 0. The van der Waals surface area contributed by atoms with Crippen molar-refractivity contribution >= 4 is 35.8 Å². The quantitative estimate of drug-likeness (QED) is 0.214. The van der Waals surface area contributed by atoms with Crippen molar-refractivity contribution in [2.24, 2.45) is 10.9 Å². The van der Waals surface area contributed by atoms with Gasteiger partial charge in [-0.05, 0) is 40.0 Å². The summed E-state index contributed by atoms with van der Waals surface area (Å²) in [5, 5.41) is 9.34. The summed E-state index contributed by atoms with van der Waals surface area (Å²) in [6.07, 6.45) is 3.27. The maximum absolute atomic E-state index is 11.5. The Kier molecular flexibility index (Phi) is 12.6. The molecule has 3 N–H and O–H groups in total. The summed E-state index contributed by atoms with van der Waals surface area (Å²) in [6, 6.07) is 0. The van der Waals surface area contributed by atoms with Crippen LogP contribution < -0.4 is 16.0 Å². The molecule has 0 aromatic heterocycles. The number of nitrogens with one attached hydrogen (secondary N) is 3. The molecule has 1 rings (SSSR count). The smallest absolute Gasteiger partial charge is 0.223 e. The van der Waals surface area contributed by atoms with Crippen LogP contribution in [0.1, 0.15) is 40.0 Å². The lowest BCUT2D eigenvalue weighted by molar-refractivity contribution is -0.122. The van der Waals surface area contributed by atoms with E-state index in [4.69, 9.17) is 4.74 Å². The third-order valence-electron chi connectivity index (χ3n) is 3.03. The van der Waals surface area contributed by atoms with Crippen molar-refractivity contribution in [3.63, 3.8) is 0 Å². The Hall–Kier alpha value is -0.570. The van der Waals surface area contributed by atoms with Crippen molar-refractivity contribution in [2.75, 3.05) is 32.8 Å². The fraction of sp³-hybridized carbons (Fsp3) is 0.867. The number of carbonyl (C=O) groups is 1. The van der Waals surface area contributed by atoms with Gasteiger partial charge in [-0.1, -0.05) is 0 Å². The summed E-state index contributed by atoms with van der Waals surface area (Å²) in [5.41, 5.74) is 0. The minimum atomic E-state index is 0. The molecular weight excluding hydrogens is 395 g/mol. The largest absolute Gasteiger partial charge is 0.379 e. The molecule has 0 aromatic carbocycles. The Morgan fingerprint density at radius 1 is 1.23 bits per heavy atom. The number of nitrogens with zero attached hydrogens (tertiary/aromatic N) is 1. The van der Waals surface area contributed by atoms with E-state index >= 15 is 0 Å². The summed E-state index contributed by atoms with van der Waals surface area (Å²) in [5.74, 6) is 1.25. The van der Waals surface area contributed by atoms with Crippen LogP contribution >= 0.6 is 24.0 Å². The molecule has 0 bridgehead atoms. The highest BCUT2D eigenvalue weighted by Gasteiger charge is 2.28. The van der Waals surface area contributed by atoms with Crippen molar-refractivity contribution in [2.45, 2.75) is 46.1 Å². The zero-order valence-corrected chi connectivity index (χ0v) is 16.3. The highest BCUT2D eigenvalue weighted by atomic mass is 127. The normalized spacial score (nSPS) is 14.5. The molecule has 1 saturated carbocycles. The second-order valence-corrected chi connectivity index (χ2v) is 5.53. The van der Waals surface area contributed by atoms with Crippen LogP contribution in [0.2, 0.25) is 0 Å². The van der Waals surface area contributed by atoms with E-state index in [1.165, 1.54) is 0 Å². The lowest BCUT2D eigenvalue weighted by Crippen LogP contribution is -2.41. The number of hydrogen-bond donors (Lipinski definition) is 3. The number of carbonyl (C=O) groups excluding carboxylic acids is 1. The average molecular weight is 426 g/mol. The molecule has 0 atom stereocenters. The van der Waals surface area contributed by atoms with Crippen molar-refractivity contribution in [3.8, 4) is 0 Å². The second-order valence-electron chi connectivity index (χ2n) is 5.53. The number of guanidine groups is 1. The number of amides is 1. The highest BCUT2D eigenvalue weighted by molar-refractivity contribution is 14.0. The van der Waals surface area contributed by atoms with E-state index in [2.05, 4.69) is 20.9 Å². The van der Waals surface area contributed by atoms with Crippen LogP contribution in [-0.4, -0.2) is 50.8 Å². The fourth-order valence-electron chi connectivity index (χ4n) is 1.77. The number of aliphatic imine (C=N–C) groups is 1. The summed E-state index contributed by atoms with van der Waals surface area (Å²) < 4.78 is 5.48. The molecule has 0 spiro atoms. The van der Waals surface area contributed by atoms with Crippen molar-refractivity contribution in [1.29, 1.82) is 0 Å². The Bertz CT molecular complexity index is 334. The van der Waals surface area contributed by atoms with Gasteiger partial charge in [0.15, 0.2) is 5.96 Å². The van der Waals surface area contributed by atoms with E-state index < -0.39 is 0 Å². The van der Waals surface area contributed by atoms with Gasteiger partial charge < -0.3 is 20.7 Å². The van der Waals surface area contributed by atoms with Crippen LogP contribution in [0.25, 0.3) is 0 Å². The zero-order chi connectivity index (χ0) is 15.5. The van der Waals surface area contributed by atoms with Crippen LogP contribution in [0.15, 0.2) is 4.99 Å². The number of ether oxygens (including phenoxy) is 1. The van der Waals surface area contributed by atoms with E-state index in [0.717, 1.165) is 44.9 Å². The van der Waals surface area contributed by atoms with Crippen LogP contribution in [0, 0.1) is 5.92 Å². The maximum Gasteiger partial charge on any atom is 0.223 e. The minimum Gasteiger partial charge on any atom is -0.379 e. The van der Waals surface area contributed by atoms with Gasteiger partial charge in [-0.3, -0.25) is 9.79 Å². The summed E-state index contributed by atoms with van der Waals surface area (Å²) >= 11 is 0. The van der Waals surface area contributed by atoms with Gasteiger partial charge in [-0.15, -0.1) is 24.0 Å². The van der Waals surface area contributed by atoms with E-state index in [9.17, 15) is 4.79 Å². The Morgan fingerprint density at radius 3 is 2.50 bits per heavy atom. The predicted molar refractivity (Wildman–Crippen MR) is 101 cm³/mol. The molecule has 0 aromatic rings. The maximum atomic E-state index is 11.5. The van der Waals surface area contributed by atoms with Gasteiger partial charge in [-0.2, -0.15) is 0 Å². The van der Waals surface area contributed by atoms with Gasteiger partial charge in [0.25, 0.3) is 0 Å². The van der Waals surface area contributed by atoms with Gasteiger partial charge in [0.05, 0.1) is 6.10 Å². The zero-order valence-electron chi connectivity index (χ0n) is 14.0. The molecule has 7 heteroatoms. The third-order valence-corrected chi connectivity index (χ3v) is 3.03. The molecule has 130 valence electrons. The molecule has 6 nitrogen and oxygen atoms in total. The molecule has 0 heterocycles. The molecule has 22 heavy (non-hydrogen) atoms. The standard InChI is InChI=1S/C15H30N4O2.HI/c1-4-16-15(18-8-5-11-21-12(2)3)19-10-9-17-14(20)13-6-7-13;/h12-13H,4-11H2,1-3H3,(H,17,20)(H2,16,18,19);1H. The molecule has 0 aliphatic heterocycles. The third kappa shape index (κ3) is 11.1. The average Bonchev–Trinajstić information content (AvgIpc) is 3.26. The Balaban J connectivity index is 0.00000441. The number of halogens is 1. The van der Waals surface area contributed by atoms with Crippen LogP contribution in [0.5, 0.6) is 0 Å². The molecule has 1 aliphatic carbocycles. The van der Waals surface area contributed by atoms with Crippen LogP contribution in [0.3, 0.4) is 0 Å². The first-order chi connectivity index (χ1) is 10.1. The first-order valence-corrected chi connectivity index (χ1v) is 8.05. The summed E-state index contributed by atoms with van der Waals surface area (Å²) in [7, 11) is 0. The molecule has 0 radical (unpaired) electrons. The predicted octanol–water partition coefficient (Wildman–Crippen LogP) is 1.50. The number of rotatable bonds is 10. The van der Waals surface area contributed by atoms with Gasteiger partial charge in [0, 0.05) is 38.7 Å². The number of hydrogen-bond acceptors (Lipinski definition) is 3. The Labute approximate surface area is 151 Å². The fourth-order valence-corrected chi connectivity index (χ4v) is 1.77. The summed E-state index contributed by atoms with van der Waals surface area (Å²) in [6.45, 7) is 9.71. The van der Waals surface area contributed by atoms with Crippen molar-refractivity contribution in [3.05, 3.63) is 0 Å². The van der Waals surface area contributed by atoms with Crippen LogP contribution in [0.4, 0.5) is 0 Å². The van der Waals surface area contributed by atoms with E-state index in [0.29, 0.717) is 13.1 Å². The summed E-state index contributed by atoms with van der Waals surface area (Å²) in [4.78, 5) is 16.0. The van der Waals surface area contributed by atoms with Gasteiger partial charge in [0.2, 0.25) is 5.91 Å². The molecule has 1 aliphatic rings. The van der Waals surface area contributed by atoms with Crippen molar-refractivity contribution < 1.29 is 9.53 Å². The molecule has 1 fully saturated rings. The van der Waals surface area contributed by atoms with E-state index in [1.54, 1.807) is 0 Å². The van der Waals surface area contributed by atoms with Crippen LogP contribution in [-0.2, 0) is 9.53 Å². The first kappa shape index (κ1) is 21.4. The molecular formula is C15H31IN4O2. The topological polar surface area (TPSA) is 74.8 Å². The highest BCUT2D eigenvalue weighted by Crippen LogP contribution is 2.28. The molecule has 1 amide bonds. The van der Waals surface area contributed by atoms with E-state index in [-0.39, 0.29) is 41.9 Å². The lowest BCUT2D eigenvalue weighted by Gasteiger charge is -2.12. The molecule has 0 saturated heterocycles. The van der Waals surface area contributed by atoms with E-state index in [1.807, 2.05) is 20.8 Å². The second kappa shape index (κ2) is 12.9. The lowest BCUT2D eigenvalue weighted by atomic mass is 10.4. The van der Waals surface area contributed by atoms with Gasteiger partial charge >= 0.3 is 0 Å². The Morgan fingerprint density at radius 2 is 1.91 bits per heavy atom. The SMILES string of the molecule is CCNC(=NCCCOC(C)C)NCCNC(=O)C1CC1.I. The first-order valence-electron chi connectivity index (χ1n) is 8.05. The monoisotopic (exact) mass is 426 g/mol. The van der Waals surface area contributed by atoms with Crippen molar-refractivity contribution in [1.82, 2.24) is 16.0 Å². The molecule has 0 unspecified atom stereocenters. The van der Waals surface area contributed by atoms with Gasteiger partial charge in [-0.25, -0.2) is 0 Å². The van der Waals surface area contributed by atoms with Gasteiger partial charge in [0.1, 0.15) is 0 Å².